The normalized spacial score (nSPS) is 11.1. The Labute approximate surface area is 125 Å². The highest BCUT2D eigenvalue weighted by Gasteiger charge is 2.11. The van der Waals surface area contributed by atoms with E-state index in [0.29, 0.717) is 22.6 Å². The van der Waals surface area contributed by atoms with E-state index in [4.69, 9.17) is 4.42 Å². The smallest absolute Gasteiger partial charge is 0.283 e. The molecule has 0 aliphatic heterocycles. The summed E-state index contributed by atoms with van der Waals surface area (Å²) in [5.74, 6) is 1.43. The van der Waals surface area contributed by atoms with E-state index in [1.807, 2.05) is 20.8 Å². The maximum absolute atomic E-state index is 12.1. The summed E-state index contributed by atoms with van der Waals surface area (Å²) in [6.45, 7) is 6.23. The van der Waals surface area contributed by atoms with Crippen LogP contribution in [0, 0.1) is 0 Å². The summed E-state index contributed by atoms with van der Waals surface area (Å²) in [5, 5.41) is 7.23. The zero-order valence-corrected chi connectivity index (χ0v) is 13.3. The minimum atomic E-state index is -0.161. The van der Waals surface area contributed by atoms with Crippen LogP contribution in [0.15, 0.2) is 26.1 Å². The van der Waals surface area contributed by atoms with E-state index in [0.717, 1.165) is 12.2 Å². The van der Waals surface area contributed by atoms with Crippen molar-refractivity contribution in [2.24, 2.45) is 0 Å². The summed E-state index contributed by atoms with van der Waals surface area (Å²) in [6.07, 6.45) is 4.14. The molecule has 0 saturated carbocycles. The number of aromatic nitrogens is 3. The van der Waals surface area contributed by atoms with Gasteiger partial charge >= 0.3 is 0 Å². The van der Waals surface area contributed by atoms with Crippen LogP contribution >= 0.6 is 15.9 Å². The number of hydrogen-bond donors (Lipinski definition) is 1. The summed E-state index contributed by atoms with van der Waals surface area (Å²) in [7, 11) is 0. The fourth-order valence-corrected chi connectivity index (χ4v) is 2.12. The summed E-state index contributed by atoms with van der Waals surface area (Å²) in [6, 6.07) is 0.0201. The molecule has 2 aromatic heterocycles. The number of nitrogens with one attached hydrogen (secondary N) is 1. The molecule has 0 atom stereocenters. The maximum Gasteiger partial charge on any atom is 0.283 e. The van der Waals surface area contributed by atoms with Crippen LogP contribution in [0.2, 0.25) is 0 Å². The van der Waals surface area contributed by atoms with Gasteiger partial charge in [-0.1, -0.05) is 6.92 Å². The third-order valence-electron chi connectivity index (χ3n) is 2.81. The van der Waals surface area contributed by atoms with Gasteiger partial charge in [0.25, 0.3) is 5.56 Å². The SMILES string of the molecule is CCc1cnc(CNc2cnn(C(C)C)c(=O)c2Br)o1. The van der Waals surface area contributed by atoms with Crippen molar-refractivity contribution in [1.82, 2.24) is 14.8 Å². The van der Waals surface area contributed by atoms with Gasteiger partial charge in [0.1, 0.15) is 10.2 Å². The van der Waals surface area contributed by atoms with Crippen LogP contribution in [-0.4, -0.2) is 14.8 Å². The average molecular weight is 341 g/mol. The van der Waals surface area contributed by atoms with Crippen molar-refractivity contribution in [1.29, 1.82) is 0 Å². The van der Waals surface area contributed by atoms with Crippen LogP contribution in [0.25, 0.3) is 0 Å². The van der Waals surface area contributed by atoms with Gasteiger partial charge in [0.05, 0.1) is 30.7 Å². The zero-order valence-electron chi connectivity index (χ0n) is 11.7. The molecule has 1 N–H and O–H groups in total. The molecule has 0 aromatic carbocycles. The number of nitrogens with zero attached hydrogens (tertiary/aromatic N) is 3. The number of halogens is 1. The lowest BCUT2D eigenvalue weighted by atomic mass is 10.4. The predicted molar refractivity (Wildman–Crippen MR) is 79.8 cm³/mol. The summed E-state index contributed by atoms with van der Waals surface area (Å²) in [5.41, 5.74) is 0.467. The fourth-order valence-electron chi connectivity index (χ4n) is 1.70. The average Bonchev–Trinajstić information content (AvgIpc) is 2.88. The van der Waals surface area contributed by atoms with E-state index >= 15 is 0 Å². The van der Waals surface area contributed by atoms with Crippen molar-refractivity contribution >= 4 is 21.6 Å². The van der Waals surface area contributed by atoms with Gasteiger partial charge in [-0.3, -0.25) is 4.79 Å². The molecule has 0 unspecified atom stereocenters. The fraction of sp³-hybridized carbons (Fsp3) is 0.462. The first-order valence-electron chi connectivity index (χ1n) is 6.47. The van der Waals surface area contributed by atoms with Crippen LogP contribution in [-0.2, 0) is 13.0 Å². The second kappa shape index (κ2) is 6.21. The number of aryl methyl sites for hydroxylation is 1. The second-order valence-electron chi connectivity index (χ2n) is 4.64. The van der Waals surface area contributed by atoms with Crippen molar-refractivity contribution in [3.8, 4) is 0 Å². The molecule has 2 heterocycles. The van der Waals surface area contributed by atoms with Crippen LogP contribution in [0.1, 0.15) is 38.5 Å². The highest BCUT2D eigenvalue weighted by atomic mass is 79.9. The topological polar surface area (TPSA) is 73.0 Å². The lowest BCUT2D eigenvalue weighted by molar-refractivity contribution is 0.465. The molecule has 0 spiro atoms. The van der Waals surface area contributed by atoms with Gasteiger partial charge in [0.2, 0.25) is 5.89 Å². The Morgan fingerprint density at radius 3 is 2.80 bits per heavy atom. The largest absolute Gasteiger partial charge is 0.444 e. The first-order chi connectivity index (χ1) is 9.52. The van der Waals surface area contributed by atoms with Crippen LogP contribution in [0.3, 0.4) is 0 Å². The Hall–Kier alpha value is -1.63. The van der Waals surface area contributed by atoms with E-state index in [2.05, 4.69) is 31.3 Å². The molecule has 6 nitrogen and oxygen atoms in total. The Morgan fingerprint density at radius 2 is 2.20 bits per heavy atom. The molecule has 0 aliphatic rings. The van der Waals surface area contributed by atoms with Gasteiger partial charge in [-0.2, -0.15) is 5.10 Å². The Kier molecular flexibility index (Phi) is 4.59. The van der Waals surface area contributed by atoms with Crippen LogP contribution < -0.4 is 10.9 Å². The molecule has 7 heteroatoms. The molecule has 0 saturated heterocycles. The number of rotatable bonds is 5. The van der Waals surface area contributed by atoms with Crippen molar-refractivity contribution in [2.75, 3.05) is 5.32 Å². The molecule has 0 fully saturated rings. The third-order valence-corrected chi connectivity index (χ3v) is 3.58. The minimum Gasteiger partial charge on any atom is -0.444 e. The van der Waals surface area contributed by atoms with Gasteiger partial charge in [-0.25, -0.2) is 9.67 Å². The third kappa shape index (κ3) is 3.09. The predicted octanol–water partition coefficient (Wildman–Crippen LogP) is 2.75. The summed E-state index contributed by atoms with van der Waals surface area (Å²) >= 11 is 3.30. The molecule has 0 amide bonds. The molecule has 108 valence electrons. The van der Waals surface area contributed by atoms with Gasteiger partial charge in [-0.05, 0) is 29.8 Å². The summed E-state index contributed by atoms with van der Waals surface area (Å²) < 4.78 is 7.38. The number of anilines is 1. The highest BCUT2D eigenvalue weighted by molar-refractivity contribution is 9.10. The molecule has 0 radical (unpaired) electrons. The minimum absolute atomic E-state index is 0.0201. The standard InChI is InChI=1S/C13H17BrN4O2/c1-4-9-5-16-11(20-9)7-15-10-6-17-18(8(2)3)13(19)12(10)14/h5-6,8,15H,4,7H2,1-3H3. The Bertz CT molecular complexity index is 648. The highest BCUT2D eigenvalue weighted by Crippen LogP contribution is 2.18. The molecule has 0 aliphatic carbocycles. The number of oxazole rings is 1. The lowest BCUT2D eigenvalue weighted by Crippen LogP contribution is -2.26. The molecular formula is C13H17BrN4O2. The first-order valence-corrected chi connectivity index (χ1v) is 7.27. The number of hydrogen-bond acceptors (Lipinski definition) is 5. The van der Waals surface area contributed by atoms with E-state index in [1.165, 1.54) is 4.68 Å². The Morgan fingerprint density at radius 1 is 1.45 bits per heavy atom. The maximum atomic E-state index is 12.1. The monoisotopic (exact) mass is 340 g/mol. The first kappa shape index (κ1) is 14.8. The van der Waals surface area contributed by atoms with E-state index < -0.39 is 0 Å². The van der Waals surface area contributed by atoms with E-state index in [-0.39, 0.29) is 11.6 Å². The van der Waals surface area contributed by atoms with Gasteiger partial charge in [0.15, 0.2) is 0 Å². The molecule has 20 heavy (non-hydrogen) atoms. The molecular weight excluding hydrogens is 324 g/mol. The van der Waals surface area contributed by atoms with Gasteiger partial charge in [0, 0.05) is 6.42 Å². The molecule has 0 bridgehead atoms. The quantitative estimate of drug-likeness (QED) is 0.905. The lowest BCUT2D eigenvalue weighted by Gasteiger charge is -2.11. The van der Waals surface area contributed by atoms with E-state index in [9.17, 15) is 4.79 Å². The second-order valence-corrected chi connectivity index (χ2v) is 5.44. The molecule has 2 aromatic rings. The van der Waals surface area contributed by atoms with Gasteiger partial charge < -0.3 is 9.73 Å². The van der Waals surface area contributed by atoms with Crippen molar-refractivity contribution in [3.63, 3.8) is 0 Å². The summed E-state index contributed by atoms with van der Waals surface area (Å²) in [4.78, 5) is 16.2. The van der Waals surface area contributed by atoms with Crippen molar-refractivity contribution in [3.05, 3.63) is 38.9 Å². The Balaban J connectivity index is 2.14. The molecule has 2 rings (SSSR count). The van der Waals surface area contributed by atoms with Crippen LogP contribution in [0.5, 0.6) is 0 Å². The van der Waals surface area contributed by atoms with E-state index in [1.54, 1.807) is 12.4 Å². The van der Waals surface area contributed by atoms with Crippen molar-refractivity contribution in [2.45, 2.75) is 39.8 Å². The van der Waals surface area contributed by atoms with Gasteiger partial charge in [-0.15, -0.1) is 0 Å². The van der Waals surface area contributed by atoms with Crippen LogP contribution in [0.4, 0.5) is 5.69 Å². The zero-order chi connectivity index (χ0) is 14.7. The van der Waals surface area contributed by atoms with Crippen molar-refractivity contribution < 1.29 is 4.42 Å².